The Bertz CT molecular complexity index is 1550. The number of hydrogen-bond acceptors (Lipinski definition) is 5. The summed E-state index contributed by atoms with van der Waals surface area (Å²) in [7, 11) is 3.70. The number of nitrogens with one attached hydrogen (secondary N) is 1. The third-order valence-corrected chi connectivity index (χ3v) is 7.43. The van der Waals surface area contributed by atoms with Gasteiger partial charge in [0, 0.05) is 50.7 Å². The molecule has 41 heavy (non-hydrogen) atoms. The van der Waals surface area contributed by atoms with Gasteiger partial charge in [-0.1, -0.05) is 36.4 Å². The van der Waals surface area contributed by atoms with Crippen molar-refractivity contribution in [1.29, 1.82) is 0 Å². The zero-order valence-corrected chi connectivity index (χ0v) is 24.6. The van der Waals surface area contributed by atoms with Gasteiger partial charge in [-0.15, -0.1) is 12.4 Å². The molecule has 0 fully saturated rings. The summed E-state index contributed by atoms with van der Waals surface area (Å²) < 4.78 is 41.6. The summed E-state index contributed by atoms with van der Waals surface area (Å²) >= 11 is 0. The number of anilines is 3. The molecule has 11 heteroatoms. The largest absolute Gasteiger partial charge is 0.412 e. The van der Waals surface area contributed by atoms with E-state index in [1.807, 2.05) is 86.5 Å². The summed E-state index contributed by atoms with van der Waals surface area (Å²) in [4.78, 5) is 21.8. The second kappa shape index (κ2) is 13.9. The van der Waals surface area contributed by atoms with Crippen LogP contribution in [0.3, 0.4) is 0 Å². The standard InChI is InChI=1S/C30H29FN4O3S.ClH.H2O/c1-34(2)24-15-9-21(10-16-24)29(22-11-17-25(18-12-22)35(3)4)32-30(36)27-7-5-6-8-28(27)33-39(37,38)26-19-13-23(31)14-20-26;;/h5-20,33H,1-4H3;1H;1H2. The van der Waals surface area contributed by atoms with E-state index in [0.29, 0.717) is 5.71 Å². The molecule has 0 atom stereocenters. The molecule has 0 saturated carbocycles. The summed E-state index contributed by atoms with van der Waals surface area (Å²) in [5.41, 5.74) is 4.05. The Labute approximate surface area is 245 Å². The van der Waals surface area contributed by atoms with Crippen LogP contribution in [0.1, 0.15) is 21.5 Å². The fourth-order valence-electron chi connectivity index (χ4n) is 3.87. The fourth-order valence-corrected chi connectivity index (χ4v) is 4.95. The molecule has 0 heterocycles. The number of halogens is 2. The van der Waals surface area contributed by atoms with E-state index in [2.05, 4.69) is 9.71 Å². The summed E-state index contributed by atoms with van der Waals surface area (Å²) in [5, 5.41) is 0. The van der Waals surface area contributed by atoms with Crippen LogP contribution in [-0.2, 0) is 10.0 Å². The number of nitrogens with zero attached hydrogens (tertiary/aromatic N) is 3. The Morgan fingerprint density at radius 1 is 0.732 bits per heavy atom. The van der Waals surface area contributed by atoms with Crippen LogP contribution in [0.15, 0.2) is 107 Å². The van der Waals surface area contributed by atoms with Crippen molar-refractivity contribution in [2.24, 2.45) is 4.99 Å². The summed E-state index contributed by atoms with van der Waals surface area (Å²) in [5.74, 6) is -1.17. The van der Waals surface area contributed by atoms with Gasteiger partial charge >= 0.3 is 0 Å². The van der Waals surface area contributed by atoms with Gasteiger partial charge in [-0.25, -0.2) is 17.8 Å². The van der Waals surface area contributed by atoms with E-state index in [4.69, 9.17) is 0 Å². The van der Waals surface area contributed by atoms with E-state index in [9.17, 15) is 17.6 Å². The van der Waals surface area contributed by atoms with Crippen molar-refractivity contribution in [3.63, 3.8) is 0 Å². The zero-order valence-electron chi connectivity index (χ0n) is 23.0. The maximum absolute atomic E-state index is 13.6. The Morgan fingerprint density at radius 2 is 1.20 bits per heavy atom. The summed E-state index contributed by atoms with van der Waals surface area (Å²) in [6.45, 7) is 0. The van der Waals surface area contributed by atoms with Crippen molar-refractivity contribution in [3.8, 4) is 0 Å². The van der Waals surface area contributed by atoms with Crippen LogP contribution in [0.25, 0.3) is 0 Å². The maximum Gasteiger partial charge on any atom is 0.279 e. The van der Waals surface area contributed by atoms with Crippen molar-refractivity contribution in [3.05, 3.63) is 120 Å². The van der Waals surface area contributed by atoms with Gasteiger partial charge in [0.2, 0.25) is 0 Å². The number of amides is 1. The van der Waals surface area contributed by atoms with Gasteiger partial charge in [0.25, 0.3) is 15.9 Å². The van der Waals surface area contributed by atoms with Crippen LogP contribution < -0.4 is 14.5 Å². The van der Waals surface area contributed by atoms with Gasteiger partial charge in [-0.3, -0.25) is 9.52 Å². The lowest BCUT2D eigenvalue weighted by molar-refractivity contribution is 0.100. The number of carbonyl (C=O) groups excluding carboxylic acids is 1. The minimum atomic E-state index is -4.07. The number of benzene rings is 4. The predicted octanol–water partition coefficient (Wildman–Crippen LogP) is 5.03. The predicted molar refractivity (Wildman–Crippen MR) is 166 cm³/mol. The molecule has 0 saturated heterocycles. The lowest BCUT2D eigenvalue weighted by atomic mass is 10.0. The second-order valence-electron chi connectivity index (χ2n) is 9.25. The average molecular weight is 599 g/mol. The van der Waals surface area contributed by atoms with E-state index >= 15 is 0 Å². The molecule has 0 aromatic heterocycles. The van der Waals surface area contributed by atoms with E-state index < -0.39 is 21.7 Å². The first-order valence-corrected chi connectivity index (χ1v) is 13.6. The van der Waals surface area contributed by atoms with Gasteiger partial charge in [-0.05, 0) is 60.7 Å². The molecule has 4 aromatic rings. The second-order valence-corrected chi connectivity index (χ2v) is 10.9. The lowest BCUT2D eigenvalue weighted by Gasteiger charge is -2.16. The first kappa shape index (κ1) is 33.0. The molecule has 3 N–H and O–H groups in total. The molecular formula is C30H32ClFN4O4S. The maximum atomic E-state index is 13.6. The number of rotatable bonds is 8. The summed E-state index contributed by atoms with van der Waals surface area (Å²) in [6, 6.07) is 26.0. The van der Waals surface area contributed by atoms with Crippen molar-refractivity contribution in [2.45, 2.75) is 4.90 Å². The fraction of sp³-hybridized carbons (Fsp3) is 0.133. The van der Waals surface area contributed by atoms with Gasteiger partial charge in [-0.2, -0.15) is 0 Å². The minimum Gasteiger partial charge on any atom is -0.412 e. The quantitative estimate of drug-likeness (QED) is 0.286. The van der Waals surface area contributed by atoms with Crippen molar-refractivity contribution in [2.75, 3.05) is 42.7 Å². The van der Waals surface area contributed by atoms with Crippen LogP contribution in [0, 0.1) is 5.82 Å². The van der Waals surface area contributed by atoms with Crippen LogP contribution in [0.4, 0.5) is 21.5 Å². The number of carbonyl (C=O) groups is 1. The van der Waals surface area contributed by atoms with Crippen LogP contribution in [0.2, 0.25) is 0 Å². The molecule has 0 bridgehead atoms. The molecule has 0 aliphatic carbocycles. The zero-order chi connectivity index (χ0) is 28.2. The highest BCUT2D eigenvalue weighted by Gasteiger charge is 2.20. The van der Waals surface area contributed by atoms with E-state index in [1.54, 1.807) is 12.1 Å². The number of sulfonamides is 1. The molecule has 0 unspecified atom stereocenters. The molecular weight excluding hydrogens is 567 g/mol. The summed E-state index contributed by atoms with van der Waals surface area (Å²) in [6.07, 6.45) is 0. The Kier molecular flexibility index (Phi) is 11.2. The first-order chi connectivity index (χ1) is 18.5. The van der Waals surface area contributed by atoms with E-state index in [0.717, 1.165) is 46.8 Å². The molecule has 0 aliphatic heterocycles. The highest BCUT2D eigenvalue weighted by atomic mass is 35.5. The molecule has 1 amide bonds. The molecule has 216 valence electrons. The number of aliphatic imine (C=N–C) groups is 1. The van der Waals surface area contributed by atoms with Crippen molar-refractivity contribution >= 4 is 51.1 Å². The molecule has 0 radical (unpaired) electrons. The SMILES string of the molecule is CN(C)c1ccc(C(=NC(=O)c2ccccc2NS(=O)(=O)c2ccc(F)cc2)c2ccc(N(C)C)cc2)cc1.Cl.O. The van der Waals surface area contributed by atoms with Gasteiger partial charge in [0.15, 0.2) is 0 Å². The molecule has 4 aromatic carbocycles. The molecule has 0 spiro atoms. The average Bonchev–Trinajstić information content (AvgIpc) is 2.92. The lowest BCUT2D eigenvalue weighted by Crippen LogP contribution is -2.16. The van der Waals surface area contributed by atoms with E-state index in [-0.39, 0.29) is 34.0 Å². The number of hydrogen-bond donors (Lipinski definition) is 1. The highest BCUT2D eigenvalue weighted by molar-refractivity contribution is 7.92. The minimum absolute atomic E-state index is 0. The van der Waals surface area contributed by atoms with Crippen LogP contribution in [0.5, 0.6) is 0 Å². The third-order valence-electron chi connectivity index (χ3n) is 6.05. The topological polar surface area (TPSA) is 114 Å². The highest BCUT2D eigenvalue weighted by Crippen LogP contribution is 2.24. The Morgan fingerprint density at radius 3 is 1.66 bits per heavy atom. The third kappa shape index (κ3) is 7.91. The van der Waals surface area contributed by atoms with Crippen LogP contribution in [-0.4, -0.2) is 53.7 Å². The Balaban J connectivity index is 0.00000294. The molecule has 0 aliphatic rings. The Hall–Kier alpha value is -4.25. The van der Waals surface area contributed by atoms with Gasteiger partial charge < -0.3 is 15.3 Å². The van der Waals surface area contributed by atoms with Crippen molar-refractivity contribution < 1.29 is 23.1 Å². The normalized spacial score (nSPS) is 10.5. The molecule has 4 rings (SSSR count). The number of para-hydroxylation sites is 1. The van der Waals surface area contributed by atoms with Gasteiger partial charge in [0.05, 0.1) is 21.9 Å². The van der Waals surface area contributed by atoms with Gasteiger partial charge in [0.1, 0.15) is 5.82 Å². The monoisotopic (exact) mass is 598 g/mol. The van der Waals surface area contributed by atoms with Crippen molar-refractivity contribution in [1.82, 2.24) is 0 Å². The molecule has 8 nitrogen and oxygen atoms in total. The van der Waals surface area contributed by atoms with Crippen LogP contribution >= 0.6 is 12.4 Å². The first-order valence-electron chi connectivity index (χ1n) is 12.1. The van der Waals surface area contributed by atoms with E-state index in [1.165, 1.54) is 12.1 Å². The smallest absolute Gasteiger partial charge is 0.279 e.